The lowest BCUT2D eigenvalue weighted by atomic mass is 10.2. The van der Waals surface area contributed by atoms with Crippen LogP contribution in [0.2, 0.25) is 0 Å². The fraction of sp³-hybridized carbons (Fsp3) is 0.316. The van der Waals surface area contributed by atoms with Crippen LogP contribution in [0.25, 0.3) is 11.4 Å². The molecule has 2 heterocycles. The Morgan fingerprint density at radius 3 is 2.85 bits per heavy atom. The van der Waals surface area contributed by atoms with Crippen LogP contribution in [0.1, 0.15) is 31.6 Å². The summed E-state index contributed by atoms with van der Waals surface area (Å²) < 4.78 is 21.4. The van der Waals surface area contributed by atoms with Gasteiger partial charge >= 0.3 is 0 Å². The highest BCUT2D eigenvalue weighted by Gasteiger charge is 2.32. The molecule has 3 aromatic rings. The Bertz CT molecular complexity index is 937. The lowest BCUT2D eigenvalue weighted by molar-refractivity contribution is -0.120. The summed E-state index contributed by atoms with van der Waals surface area (Å²) in [5, 5.41) is 11.6. The Morgan fingerprint density at radius 1 is 1.33 bits per heavy atom. The van der Waals surface area contributed by atoms with Gasteiger partial charge in [-0.15, -0.1) is 10.2 Å². The van der Waals surface area contributed by atoms with Gasteiger partial charge in [0.15, 0.2) is 11.0 Å². The summed E-state index contributed by atoms with van der Waals surface area (Å²) in [6, 6.07) is 10.4. The Labute approximate surface area is 160 Å². The van der Waals surface area contributed by atoms with Gasteiger partial charge in [0.2, 0.25) is 5.91 Å². The fourth-order valence-corrected chi connectivity index (χ4v) is 3.73. The van der Waals surface area contributed by atoms with Crippen molar-refractivity contribution < 1.29 is 13.6 Å². The van der Waals surface area contributed by atoms with E-state index < -0.39 is 0 Å². The molecule has 0 bridgehead atoms. The van der Waals surface area contributed by atoms with Crippen LogP contribution in [0.3, 0.4) is 0 Å². The topological polar surface area (TPSA) is 73.0 Å². The molecule has 6 nitrogen and oxygen atoms in total. The quantitative estimate of drug-likeness (QED) is 0.625. The first-order chi connectivity index (χ1) is 13.1. The molecule has 8 heteroatoms. The van der Waals surface area contributed by atoms with Crippen molar-refractivity contribution in [3.8, 4) is 11.4 Å². The third-order valence-corrected chi connectivity index (χ3v) is 5.42. The molecule has 1 N–H and O–H groups in total. The number of hydrogen-bond acceptors (Lipinski definition) is 5. The van der Waals surface area contributed by atoms with Gasteiger partial charge in [-0.3, -0.25) is 9.36 Å². The number of aromatic nitrogens is 3. The Balaban J connectivity index is 1.50. The summed E-state index contributed by atoms with van der Waals surface area (Å²) >= 11 is 1.33. The number of nitrogens with zero attached hydrogens (tertiary/aromatic N) is 3. The monoisotopic (exact) mass is 386 g/mol. The van der Waals surface area contributed by atoms with E-state index in [0.29, 0.717) is 28.8 Å². The molecule has 1 amide bonds. The summed E-state index contributed by atoms with van der Waals surface area (Å²) in [4.78, 5) is 12.4. The smallest absolute Gasteiger partial charge is 0.233 e. The second-order valence-corrected chi connectivity index (χ2v) is 7.75. The first kappa shape index (κ1) is 17.8. The van der Waals surface area contributed by atoms with Gasteiger partial charge in [0.25, 0.3) is 0 Å². The van der Waals surface area contributed by atoms with Crippen molar-refractivity contribution in [3.05, 3.63) is 54.2 Å². The maximum atomic E-state index is 14.2. The van der Waals surface area contributed by atoms with Crippen molar-refractivity contribution >= 4 is 17.7 Å². The normalized spacial score (nSPS) is 14.9. The van der Waals surface area contributed by atoms with Crippen LogP contribution in [0.5, 0.6) is 0 Å². The Hall–Kier alpha value is -2.61. The molecule has 140 valence electrons. The van der Waals surface area contributed by atoms with Gasteiger partial charge in [0.05, 0.1) is 23.6 Å². The van der Waals surface area contributed by atoms with Gasteiger partial charge in [0.1, 0.15) is 11.6 Å². The summed E-state index contributed by atoms with van der Waals surface area (Å²) in [6.45, 7) is 2.16. The lowest BCUT2D eigenvalue weighted by Crippen LogP contribution is -2.30. The average Bonchev–Trinajstić information content (AvgIpc) is 3.21. The molecular weight excluding hydrogens is 367 g/mol. The van der Waals surface area contributed by atoms with E-state index in [0.717, 1.165) is 12.8 Å². The van der Waals surface area contributed by atoms with Crippen LogP contribution in [0.15, 0.2) is 52.2 Å². The van der Waals surface area contributed by atoms with Gasteiger partial charge in [-0.05, 0) is 44.0 Å². The minimum atomic E-state index is -0.366. The third-order valence-electron chi connectivity index (χ3n) is 4.36. The van der Waals surface area contributed by atoms with Crippen molar-refractivity contribution in [3.63, 3.8) is 0 Å². The first-order valence-corrected chi connectivity index (χ1v) is 9.68. The lowest BCUT2D eigenvalue weighted by Gasteiger charge is -2.13. The van der Waals surface area contributed by atoms with Gasteiger partial charge in [0, 0.05) is 6.04 Å². The highest BCUT2D eigenvalue weighted by molar-refractivity contribution is 8.00. The molecule has 1 fully saturated rings. The molecule has 1 aromatic carbocycles. The zero-order chi connectivity index (χ0) is 18.8. The van der Waals surface area contributed by atoms with E-state index in [4.69, 9.17) is 4.42 Å². The van der Waals surface area contributed by atoms with E-state index in [1.807, 2.05) is 17.6 Å². The van der Waals surface area contributed by atoms with Crippen molar-refractivity contribution in [1.82, 2.24) is 20.1 Å². The number of thioether (sulfide) groups is 1. The molecule has 1 aliphatic rings. The number of halogens is 1. The van der Waals surface area contributed by atoms with Crippen LogP contribution in [0.4, 0.5) is 4.39 Å². The molecule has 1 aliphatic carbocycles. The number of hydrogen-bond donors (Lipinski definition) is 1. The zero-order valence-electron chi connectivity index (χ0n) is 14.8. The van der Waals surface area contributed by atoms with E-state index in [1.54, 1.807) is 30.5 Å². The SMILES string of the molecule is C[C@@H](Sc1nnc(-c2ccccc2F)n1C1CC1)C(=O)NCc1ccco1. The van der Waals surface area contributed by atoms with Gasteiger partial charge in [-0.2, -0.15) is 0 Å². The number of benzene rings is 1. The van der Waals surface area contributed by atoms with E-state index >= 15 is 0 Å². The summed E-state index contributed by atoms with van der Waals surface area (Å²) in [7, 11) is 0. The van der Waals surface area contributed by atoms with Crippen molar-refractivity contribution in [2.24, 2.45) is 0 Å². The zero-order valence-corrected chi connectivity index (χ0v) is 15.6. The van der Waals surface area contributed by atoms with E-state index in [1.165, 1.54) is 17.8 Å². The van der Waals surface area contributed by atoms with E-state index in [9.17, 15) is 9.18 Å². The summed E-state index contributed by atoms with van der Waals surface area (Å²) in [6.07, 6.45) is 3.58. The number of carbonyl (C=O) groups is 1. The molecule has 0 radical (unpaired) electrons. The number of nitrogens with one attached hydrogen (secondary N) is 1. The van der Waals surface area contributed by atoms with Crippen LogP contribution < -0.4 is 5.32 Å². The molecule has 4 rings (SSSR count). The highest BCUT2D eigenvalue weighted by Crippen LogP contribution is 2.42. The van der Waals surface area contributed by atoms with E-state index in [-0.39, 0.29) is 23.0 Å². The molecule has 27 heavy (non-hydrogen) atoms. The van der Waals surface area contributed by atoms with E-state index in [2.05, 4.69) is 15.5 Å². The van der Waals surface area contributed by atoms with Crippen LogP contribution in [-0.4, -0.2) is 25.9 Å². The van der Waals surface area contributed by atoms with Gasteiger partial charge in [-0.1, -0.05) is 23.9 Å². The Kier molecular flexibility index (Phi) is 4.98. The summed E-state index contributed by atoms with van der Waals surface area (Å²) in [5.74, 6) is 0.770. The number of amides is 1. The van der Waals surface area contributed by atoms with Crippen LogP contribution in [-0.2, 0) is 11.3 Å². The van der Waals surface area contributed by atoms with Crippen molar-refractivity contribution in [2.45, 2.75) is 42.8 Å². The maximum Gasteiger partial charge on any atom is 0.233 e. The van der Waals surface area contributed by atoms with Crippen molar-refractivity contribution in [2.75, 3.05) is 0 Å². The molecule has 1 atom stereocenters. The molecule has 1 saturated carbocycles. The first-order valence-electron chi connectivity index (χ1n) is 8.80. The number of carbonyl (C=O) groups excluding carboxylic acids is 1. The molecule has 0 spiro atoms. The standard InChI is InChI=1S/C19H19FN4O2S/c1-12(18(25)21-11-14-5-4-10-26-14)27-19-23-22-17(24(19)13-8-9-13)15-6-2-3-7-16(15)20/h2-7,10,12-13H,8-9,11H2,1H3,(H,21,25)/t12-/m1/s1. The Morgan fingerprint density at radius 2 is 2.15 bits per heavy atom. The van der Waals surface area contributed by atoms with Crippen LogP contribution in [0, 0.1) is 5.82 Å². The summed E-state index contributed by atoms with van der Waals surface area (Å²) in [5.41, 5.74) is 0.429. The predicted molar refractivity (Wildman–Crippen MR) is 99.6 cm³/mol. The average molecular weight is 386 g/mol. The second kappa shape index (κ2) is 7.56. The molecule has 2 aromatic heterocycles. The molecule has 0 aliphatic heterocycles. The minimum absolute atomic E-state index is 0.116. The third kappa shape index (κ3) is 3.90. The minimum Gasteiger partial charge on any atom is -0.467 e. The van der Waals surface area contributed by atoms with Gasteiger partial charge in [-0.25, -0.2) is 4.39 Å². The largest absolute Gasteiger partial charge is 0.467 e. The van der Waals surface area contributed by atoms with Crippen LogP contribution >= 0.6 is 11.8 Å². The second-order valence-electron chi connectivity index (χ2n) is 6.44. The number of rotatable bonds is 7. The highest BCUT2D eigenvalue weighted by atomic mass is 32.2. The maximum absolute atomic E-state index is 14.2. The number of furan rings is 1. The van der Waals surface area contributed by atoms with Crippen molar-refractivity contribution in [1.29, 1.82) is 0 Å². The molecule has 0 unspecified atom stereocenters. The molecular formula is C19H19FN4O2S. The molecule has 0 saturated heterocycles. The van der Waals surface area contributed by atoms with Gasteiger partial charge < -0.3 is 9.73 Å². The fourth-order valence-electron chi connectivity index (χ4n) is 2.79. The predicted octanol–water partition coefficient (Wildman–Crippen LogP) is 3.81.